The summed E-state index contributed by atoms with van der Waals surface area (Å²) in [5, 5.41) is 4.55. The number of esters is 1. The molecule has 1 aliphatic rings. The zero-order chi connectivity index (χ0) is 21.3. The van der Waals surface area contributed by atoms with E-state index < -0.39 is 12.3 Å². The molecule has 1 fully saturated rings. The van der Waals surface area contributed by atoms with E-state index in [0.717, 1.165) is 12.8 Å². The predicted molar refractivity (Wildman–Crippen MR) is 99.2 cm³/mol. The first-order valence-electron chi connectivity index (χ1n) is 9.29. The first kappa shape index (κ1) is 19.9. The van der Waals surface area contributed by atoms with Gasteiger partial charge in [-0.2, -0.15) is 5.10 Å². The Kier molecular flexibility index (Phi) is 5.15. The molecule has 2 heterocycles. The molecule has 7 nitrogen and oxygen atoms in total. The minimum absolute atomic E-state index is 0.0440. The molecule has 0 N–H and O–H groups in total. The van der Waals surface area contributed by atoms with E-state index >= 15 is 0 Å². The Morgan fingerprint density at radius 2 is 1.97 bits per heavy atom. The number of ether oxygens (including phenoxy) is 2. The topological polar surface area (TPSA) is 79.1 Å². The van der Waals surface area contributed by atoms with E-state index in [0.29, 0.717) is 22.6 Å². The molecule has 0 aliphatic heterocycles. The van der Waals surface area contributed by atoms with Crippen LogP contribution in [-0.2, 0) is 4.74 Å². The van der Waals surface area contributed by atoms with Gasteiger partial charge in [-0.1, -0.05) is 6.07 Å². The van der Waals surface area contributed by atoms with Crippen LogP contribution in [0.4, 0.5) is 13.2 Å². The lowest BCUT2D eigenvalue weighted by Gasteiger charge is -2.12. The third kappa shape index (κ3) is 4.12. The standard InChI is InChI=1S/C20H17F3N4O3/c1-2-29-19(28)16-17(13-9-24-11-25-10-13)26-27(18(16)12-6-7-12)14-4-3-5-15(8-14)30-20(21,22)23/h3-5,8-12H,2,6-7H2,1H3. The lowest BCUT2D eigenvalue weighted by Crippen LogP contribution is -2.17. The minimum atomic E-state index is -4.81. The molecule has 10 heteroatoms. The van der Waals surface area contributed by atoms with Crippen molar-refractivity contribution in [3.05, 3.63) is 54.2 Å². The van der Waals surface area contributed by atoms with Crippen molar-refractivity contribution >= 4 is 5.97 Å². The van der Waals surface area contributed by atoms with Gasteiger partial charge in [0.2, 0.25) is 0 Å². The van der Waals surface area contributed by atoms with Crippen LogP contribution in [0.3, 0.4) is 0 Å². The molecular weight excluding hydrogens is 401 g/mol. The number of aromatic nitrogens is 4. The van der Waals surface area contributed by atoms with Gasteiger partial charge in [-0.15, -0.1) is 13.2 Å². The SMILES string of the molecule is CCOC(=O)c1c(-c2cncnc2)nn(-c2cccc(OC(F)(F)F)c2)c1C1CC1. The van der Waals surface area contributed by atoms with Gasteiger partial charge in [-0.25, -0.2) is 19.4 Å². The monoisotopic (exact) mass is 418 g/mol. The lowest BCUT2D eigenvalue weighted by atomic mass is 10.1. The highest BCUT2D eigenvalue weighted by Crippen LogP contribution is 2.45. The van der Waals surface area contributed by atoms with E-state index in [1.54, 1.807) is 13.0 Å². The highest BCUT2D eigenvalue weighted by atomic mass is 19.4. The van der Waals surface area contributed by atoms with E-state index in [4.69, 9.17) is 4.74 Å². The van der Waals surface area contributed by atoms with Gasteiger partial charge in [0.05, 0.1) is 18.0 Å². The molecule has 1 saturated carbocycles. The molecule has 0 amide bonds. The Morgan fingerprint density at radius 1 is 1.23 bits per heavy atom. The van der Waals surface area contributed by atoms with Crippen LogP contribution in [-0.4, -0.2) is 38.7 Å². The highest BCUT2D eigenvalue weighted by molar-refractivity contribution is 5.98. The smallest absolute Gasteiger partial charge is 0.462 e. The maximum Gasteiger partial charge on any atom is 0.573 e. The molecule has 1 aromatic carbocycles. The third-order valence-electron chi connectivity index (χ3n) is 4.49. The van der Waals surface area contributed by atoms with E-state index in [-0.39, 0.29) is 23.8 Å². The number of benzene rings is 1. The van der Waals surface area contributed by atoms with Crippen molar-refractivity contribution < 1.29 is 27.4 Å². The number of alkyl halides is 3. The van der Waals surface area contributed by atoms with Gasteiger partial charge in [0.25, 0.3) is 0 Å². The second-order valence-electron chi connectivity index (χ2n) is 6.69. The number of hydrogen-bond acceptors (Lipinski definition) is 6. The fourth-order valence-electron chi connectivity index (χ4n) is 3.20. The van der Waals surface area contributed by atoms with Crippen LogP contribution < -0.4 is 4.74 Å². The van der Waals surface area contributed by atoms with Crippen LogP contribution in [0.2, 0.25) is 0 Å². The summed E-state index contributed by atoms with van der Waals surface area (Å²) in [4.78, 5) is 20.8. The predicted octanol–water partition coefficient (Wildman–Crippen LogP) is 4.28. The summed E-state index contributed by atoms with van der Waals surface area (Å²) in [5.41, 5.74) is 2.03. The van der Waals surface area contributed by atoms with Gasteiger partial charge < -0.3 is 9.47 Å². The Hall–Kier alpha value is -3.43. The summed E-state index contributed by atoms with van der Waals surface area (Å²) in [6, 6.07) is 5.47. The van der Waals surface area contributed by atoms with E-state index in [1.807, 2.05) is 0 Å². The van der Waals surface area contributed by atoms with Gasteiger partial charge in [0, 0.05) is 29.9 Å². The van der Waals surface area contributed by atoms with Gasteiger partial charge in [0.15, 0.2) is 0 Å². The Bertz CT molecular complexity index is 1060. The van der Waals surface area contributed by atoms with Crippen LogP contribution in [0, 0.1) is 0 Å². The van der Waals surface area contributed by atoms with Gasteiger partial charge >= 0.3 is 12.3 Å². The average Bonchev–Trinajstić information content (AvgIpc) is 3.46. The van der Waals surface area contributed by atoms with Gasteiger partial charge in [0.1, 0.15) is 23.3 Å². The second kappa shape index (κ2) is 7.77. The Labute approximate surface area is 169 Å². The molecular formula is C20H17F3N4O3. The van der Waals surface area contributed by atoms with E-state index in [2.05, 4.69) is 19.8 Å². The van der Waals surface area contributed by atoms with Crippen LogP contribution in [0.15, 0.2) is 43.0 Å². The first-order chi connectivity index (χ1) is 14.4. The Morgan fingerprint density at radius 3 is 2.60 bits per heavy atom. The van der Waals surface area contributed by atoms with E-state index in [9.17, 15) is 18.0 Å². The summed E-state index contributed by atoms with van der Waals surface area (Å²) >= 11 is 0. The molecule has 0 bridgehead atoms. The quantitative estimate of drug-likeness (QED) is 0.556. The van der Waals surface area contributed by atoms with Crippen LogP contribution in [0.5, 0.6) is 5.75 Å². The molecule has 30 heavy (non-hydrogen) atoms. The molecule has 3 aromatic rings. The Balaban J connectivity index is 1.89. The normalized spacial score (nSPS) is 13.9. The van der Waals surface area contributed by atoms with Crippen LogP contribution >= 0.6 is 0 Å². The number of carbonyl (C=O) groups is 1. The third-order valence-corrected chi connectivity index (χ3v) is 4.49. The number of carbonyl (C=O) groups excluding carboxylic acids is 1. The molecule has 0 spiro atoms. The number of rotatable bonds is 6. The number of hydrogen-bond donors (Lipinski definition) is 0. The van der Waals surface area contributed by atoms with Crippen molar-refractivity contribution in [1.82, 2.24) is 19.7 Å². The minimum Gasteiger partial charge on any atom is -0.462 e. The van der Waals surface area contributed by atoms with Crippen LogP contribution in [0.25, 0.3) is 16.9 Å². The summed E-state index contributed by atoms with van der Waals surface area (Å²) in [6.45, 7) is 1.87. The van der Waals surface area contributed by atoms with Crippen molar-refractivity contribution in [3.8, 4) is 22.7 Å². The fraction of sp³-hybridized carbons (Fsp3) is 0.300. The molecule has 1 aliphatic carbocycles. The zero-order valence-corrected chi connectivity index (χ0v) is 15.9. The number of nitrogens with zero attached hydrogens (tertiary/aromatic N) is 4. The molecule has 0 atom stereocenters. The van der Waals surface area contributed by atoms with Crippen molar-refractivity contribution in [2.45, 2.75) is 32.0 Å². The van der Waals surface area contributed by atoms with Crippen molar-refractivity contribution in [1.29, 1.82) is 0 Å². The zero-order valence-electron chi connectivity index (χ0n) is 15.9. The highest BCUT2D eigenvalue weighted by Gasteiger charge is 2.37. The van der Waals surface area contributed by atoms with Gasteiger partial charge in [-0.3, -0.25) is 0 Å². The molecule has 0 radical (unpaired) electrons. The summed E-state index contributed by atoms with van der Waals surface area (Å²) < 4.78 is 48.7. The average molecular weight is 418 g/mol. The molecule has 2 aromatic heterocycles. The van der Waals surface area contributed by atoms with E-state index in [1.165, 1.54) is 41.6 Å². The molecule has 0 saturated heterocycles. The fourth-order valence-corrected chi connectivity index (χ4v) is 3.20. The number of halogens is 3. The first-order valence-corrected chi connectivity index (χ1v) is 9.29. The lowest BCUT2D eigenvalue weighted by molar-refractivity contribution is -0.274. The summed E-state index contributed by atoms with van der Waals surface area (Å²) in [6.07, 6.45) is 1.24. The maximum atomic E-state index is 12.8. The largest absolute Gasteiger partial charge is 0.573 e. The van der Waals surface area contributed by atoms with Crippen molar-refractivity contribution in [2.24, 2.45) is 0 Å². The molecule has 156 valence electrons. The summed E-state index contributed by atoms with van der Waals surface area (Å²) in [5.74, 6) is -0.880. The maximum absolute atomic E-state index is 12.8. The molecule has 4 rings (SSSR count). The summed E-state index contributed by atoms with van der Waals surface area (Å²) in [7, 11) is 0. The van der Waals surface area contributed by atoms with Gasteiger partial charge in [-0.05, 0) is 31.9 Å². The van der Waals surface area contributed by atoms with Crippen molar-refractivity contribution in [3.63, 3.8) is 0 Å². The van der Waals surface area contributed by atoms with Crippen LogP contribution in [0.1, 0.15) is 41.7 Å². The second-order valence-corrected chi connectivity index (χ2v) is 6.69. The van der Waals surface area contributed by atoms with Crippen molar-refractivity contribution in [2.75, 3.05) is 6.61 Å². The molecule has 0 unspecified atom stereocenters.